The third kappa shape index (κ3) is 4.06. The zero-order chi connectivity index (χ0) is 22.7. The molecule has 0 aliphatic rings. The van der Waals surface area contributed by atoms with Crippen molar-refractivity contribution in [1.29, 1.82) is 0 Å². The number of aromatic nitrogens is 3. The van der Waals surface area contributed by atoms with Crippen LogP contribution in [0.2, 0.25) is 0 Å². The van der Waals surface area contributed by atoms with E-state index in [1.165, 1.54) is 20.3 Å². The van der Waals surface area contributed by atoms with Gasteiger partial charge in [-0.1, -0.05) is 24.3 Å². The predicted molar refractivity (Wildman–Crippen MR) is 120 cm³/mol. The number of nitrogens with zero attached hydrogens (tertiary/aromatic N) is 3. The van der Waals surface area contributed by atoms with Crippen molar-refractivity contribution in [1.82, 2.24) is 15.0 Å². The number of carbonyl (C=O) groups excluding carboxylic acids is 1. The standard InChI is InChI=1S/C24H20N4O4/c1-31-16-11-12-18(20(29)13-16)23-27-21(14-7-9-15(10-8-14)24(30)32-2)26-22(28-23)17-5-3-4-6-19(17)25/h3-13,29H,25H2,1-2H3. The van der Waals surface area contributed by atoms with Gasteiger partial charge in [-0.05, 0) is 36.4 Å². The lowest BCUT2D eigenvalue weighted by molar-refractivity contribution is 0.0600. The number of rotatable bonds is 5. The fraction of sp³-hybridized carbons (Fsp3) is 0.0833. The van der Waals surface area contributed by atoms with Gasteiger partial charge in [0, 0.05) is 22.9 Å². The van der Waals surface area contributed by atoms with Crippen LogP contribution in [0.4, 0.5) is 5.69 Å². The summed E-state index contributed by atoms with van der Waals surface area (Å²) in [6.45, 7) is 0. The highest BCUT2D eigenvalue weighted by atomic mass is 16.5. The molecule has 160 valence electrons. The minimum Gasteiger partial charge on any atom is -0.507 e. The molecule has 0 amide bonds. The molecule has 8 heteroatoms. The van der Waals surface area contributed by atoms with Crippen molar-refractivity contribution in [2.45, 2.75) is 0 Å². The molecule has 3 N–H and O–H groups in total. The van der Waals surface area contributed by atoms with Crippen LogP contribution in [0.25, 0.3) is 34.2 Å². The molecule has 4 aromatic rings. The maximum absolute atomic E-state index is 11.8. The number of esters is 1. The molecular formula is C24H20N4O4. The normalized spacial score (nSPS) is 10.6. The summed E-state index contributed by atoms with van der Waals surface area (Å²) in [5, 5.41) is 10.5. The Balaban J connectivity index is 1.88. The van der Waals surface area contributed by atoms with E-state index in [9.17, 15) is 9.90 Å². The number of phenolic OH excluding ortho intramolecular Hbond substituents is 1. The molecule has 3 aromatic carbocycles. The van der Waals surface area contributed by atoms with Crippen LogP contribution in [0.15, 0.2) is 66.7 Å². The highest BCUT2D eigenvalue weighted by Gasteiger charge is 2.16. The molecule has 32 heavy (non-hydrogen) atoms. The molecule has 0 atom stereocenters. The van der Waals surface area contributed by atoms with Crippen LogP contribution >= 0.6 is 0 Å². The Morgan fingerprint density at radius 2 is 1.50 bits per heavy atom. The molecule has 1 aromatic heterocycles. The van der Waals surface area contributed by atoms with Crippen LogP contribution in [0.3, 0.4) is 0 Å². The first kappa shape index (κ1) is 20.8. The molecule has 4 rings (SSSR count). The lowest BCUT2D eigenvalue weighted by atomic mass is 10.1. The fourth-order valence-corrected chi connectivity index (χ4v) is 3.15. The van der Waals surface area contributed by atoms with E-state index in [0.717, 1.165) is 0 Å². The molecular weight excluding hydrogens is 408 g/mol. The highest BCUT2D eigenvalue weighted by Crippen LogP contribution is 2.33. The van der Waals surface area contributed by atoms with Crippen molar-refractivity contribution in [3.63, 3.8) is 0 Å². The van der Waals surface area contributed by atoms with Crippen LogP contribution in [0.1, 0.15) is 10.4 Å². The summed E-state index contributed by atoms with van der Waals surface area (Å²) < 4.78 is 9.91. The Hall–Kier alpha value is -4.46. The van der Waals surface area contributed by atoms with Crippen LogP contribution in [-0.4, -0.2) is 40.2 Å². The average molecular weight is 428 g/mol. The quantitative estimate of drug-likeness (QED) is 0.362. The number of phenols is 1. The number of aromatic hydroxyl groups is 1. The van der Waals surface area contributed by atoms with Gasteiger partial charge in [0.2, 0.25) is 0 Å². The van der Waals surface area contributed by atoms with Crippen molar-refractivity contribution in [3.8, 4) is 45.7 Å². The molecule has 0 bridgehead atoms. The van der Waals surface area contributed by atoms with E-state index < -0.39 is 5.97 Å². The topological polar surface area (TPSA) is 120 Å². The van der Waals surface area contributed by atoms with Crippen LogP contribution in [-0.2, 0) is 4.74 Å². The van der Waals surface area contributed by atoms with E-state index in [1.54, 1.807) is 42.5 Å². The lowest BCUT2D eigenvalue weighted by Crippen LogP contribution is -2.03. The number of anilines is 1. The molecule has 0 radical (unpaired) electrons. The third-order valence-electron chi connectivity index (χ3n) is 4.85. The van der Waals surface area contributed by atoms with Gasteiger partial charge in [0.15, 0.2) is 17.5 Å². The first-order valence-corrected chi connectivity index (χ1v) is 9.67. The van der Waals surface area contributed by atoms with Crippen molar-refractivity contribution >= 4 is 11.7 Å². The van der Waals surface area contributed by atoms with Gasteiger partial charge >= 0.3 is 5.97 Å². The van der Waals surface area contributed by atoms with E-state index in [4.69, 9.17) is 15.2 Å². The molecule has 0 saturated carbocycles. The van der Waals surface area contributed by atoms with E-state index in [1.807, 2.05) is 18.2 Å². The molecule has 8 nitrogen and oxygen atoms in total. The van der Waals surface area contributed by atoms with Gasteiger partial charge < -0.3 is 20.3 Å². The van der Waals surface area contributed by atoms with Gasteiger partial charge in [0.25, 0.3) is 0 Å². The van der Waals surface area contributed by atoms with Gasteiger partial charge in [0.05, 0.1) is 25.3 Å². The van der Waals surface area contributed by atoms with Crippen molar-refractivity contribution < 1.29 is 19.4 Å². The maximum atomic E-state index is 11.8. The third-order valence-corrected chi connectivity index (χ3v) is 4.85. The van der Waals surface area contributed by atoms with Gasteiger partial charge in [-0.25, -0.2) is 19.7 Å². The van der Waals surface area contributed by atoms with Crippen LogP contribution < -0.4 is 10.5 Å². The first-order valence-electron chi connectivity index (χ1n) is 9.67. The van der Waals surface area contributed by atoms with Gasteiger partial charge in [-0.2, -0.15) is 0 Å². The van der Waals surface area contributed by atoms with Gasteiger partial charge in [-0.3, -0.25) is 0 Å². The zero-order valence-electron chi connectivity index (χ0n) is 17.4. The van der Waals surface area contributed by atoms with Crippen molar-refractivity contribution in [3.05, 3.63) is 72.3 Å². The Morgan fingerprint density at radius 1 is 0.844 bits per heavy atom. The minimum atomic E-state index is -0.436. The molecule has 1 heterocycles. The van der Waals surface area contributed by atoms with Crippen molar-refractivity contribution in [2.24, 2.45) is 0 Å². The number of nitrogen functional groups attached to an aromatic ring is 1. The number of methoxy groups -OCH3 is 2. The van der Waals surface area contributed by atoms with Gasteiger partial charge in [-0.15, -0.1) is 0 Å². The molecule has 0 saturated heterocycles. The number of nitrogens with two attached hydrogens (primary N) is 1. The van der Waals surface area contributed by atoms with E-state index in [-0.39, 0.29) is 11.6 Å². The van der Waals surface area contributed by atoms with Crippen molar-refractivity contribution in [2.75, 3.05) is 20.0 Å². The summed E-state index contributed by atoms with van der Waals surface area (Å²) in [6.07, 6.45) is 0. The number of carbonyl (C=O) groups is 1. The van der Waals surface area contributed by atoms with E-state index in [0.29, 0.717) is 45.3 Å². The summed E-state index contributed by atoms with van der Waals surface area (Å²) in [7, 11) is 2.84. The van der Waals surface area contributed by atoms with Crippen LogP contribution in [0, 0.1) is 0 Å². The van der Waals surface area contributed by atoms with E-state index in [2.05, 4.69) is 15.0 Å². The number of benzene rings is 3. The molecule has 0 spiro atoms. The fourth-order valence-electron chi connectivity index (χ4n) is 3.15. The second-order valence-corrected chi connectivity index (χ2v) is 6.85. The maximum Gasteiger partial charge on any atom is 0.337 e. The second kappa shape index (κ2) is 8.73. The Bertz CT molecular complexity index is 1290. The molecule has 0 fully saturated rings. The lowest BCUT2D eigenvalue weighted by Gasteiger charge is -2.11. The van der Waals surface area contributed by atoms with Gasteiger partial charge in [0.1, 0.15) is 11.5 Å². The van der Waals surface area contributed by atoms with E-state index >= 15 is 0 Å². The number of hydrogen-bond acceptors (Lipinski definition) is 8. The highest BCUT2D eigenvalue weighted by molar-refractivity contribution is 5.89. The monoisotopic (exact) mass is 428 g/mol. The number of para-hydroxylation sites is 1. The molecule has 0 aliphatic carbocycles. The Kier molecular flexibility index (Phi) is 5.67. The average Bonchev–Trinajstić information content (AvgIpc) is 2.83. The summed E-state index contributed by atoms with van der Waals surface area (Å²) in [6, 6.07) is 18.8. The predicted octanol–water partition coefficient (Wildman–Crippen LogP) is 3.96. The zero-order valence-corrected chi connectivity index (χ0v) is 17.4. The molecule has 0 aliphatic heterocycles. The molecule has 0 unspecified atom stereocenters. The first-order chi connectivity index (χ1) is 15.5. The minimum absolute atomic E-state index is 0.0328. The largest absolute Gasteiger partial charge is 0.507 e. The smallest absolute Gasteiger partial charge is 0.337 e. The SMILES string of the molecule is COC(=O)c1ccc(-c2nc(-c3ccccc3N)nc(-c3ccc(OC)cc3O)n2)cc1. The summed E-state index contributed by atoms with van der Waals surface area (Å²) in [5.74, 6) is 1.02. The van der Waals surface area contributed by atoms with Crippen LogP contribution in [0.5, 0.6) is 11.5 Å². The Morgan fingerprint density at radius 3 is 2.12 bits per heavy atom. The Labute approximate surface area is 184 Å². The summed E-state index contributed by atoms with van der Waals surface area (Å²) in [5.41, 5.74) is 8.77. The second-order valence-electron chi connectivity index (χ2n) is 6.85. The summed E-state index contributed by atoms with van der Waals surface area (Å²) in [4.78, 5) is 25.5. The summed E-state index contributed by atoms with van der Waals surface area (Å²) >= 11 is 0. The number of hydrogen-bond donors (Lipinski definition) is 2. The number of ether oxygens (including phenoxy) is 2.